The number of carbonyl (C=O) groups is 1. The van der Waals surface area contributed by atoms with E-state index in [1.807, 2.05) is 24.3 Å². The third-order valence-electron chi connectivity index (χ3n) is 3.87. The Morgan fingerprint density at radius 3 is 2.86 bits per heavy atom. The first kappa shape index (κ1) is 14.6. The smallest absolute Gasteiger partial charge is 0.231 e. The number of anilines is 1. The van der Waals surface area contributed by atoms with Gasteiger partial charge in [-0.25, -0.2) is 0 Å². The highest BCUT2D eigenvalue weighted by Gasteiger charge is 2.26. The number of carbonyl (C=O) groups excluding carboxylic acids is 1. The van der Waals surface area contributed by atoms with E-state index >= 15 is 0 Å². The standard InChI is InChI=1S/C17H15BrClNO/c18-12-8-9-16(15(19)10-12)20-17(21)14-7-3-5-11-4-1-2-6-13(11)14/h1-2,4,6,8-10,14H,3,5,7H2,(H,20,21). The van der Waals surface area contributed by atoms with Gasteiger partial charge in [-0.05, 0) is 48.6 Å². The number of halogens is 2. The van der Waals surface area contributed by atoms with Gasteiger partial charge in [-0.3, -0.25) is 4.79 Å². The van der Waals surface area contributed by atoms with Gasteiger partial charge in [0.05, 0.1) is 16.6 Å². The number of amides is 1. The van der Waals surface area contributed by atoms with E-state index in [1.165, 1.54) is 5.56 Å². The van der Waals surface area contributed by atoms with Crippen LogP contribution in [0.1, 0.15) is 29.9 Å². The van der Waals surface area contributed by atoms with Gasteiger partial charge in [-0.2, -0.15) is 0 Å². The summed E-state index contributed by atoms with van der Waals surface area (Å²) in [7, 11) is 0. The third-order valence-corrected chi connectivity index (χ3v) is 4.68. The maximum atomic E-state index is 12.6. The lowest BCUT2D eigenvalue weighted by Gasteiger charge is -2.24. The number of fused-ring (bicyclic) bond motifs is 1. The molecule has 3 rings (SSSR count). The molecule has 1 atom stereocenters. The number of aryl methyl sites for hydroxylation is 1. The summed E-state index contributed by atoms with van der Waals surface area (Å²) in [6.07, 6.45) is 2.99. The fraction of sp³-hybridized carbons (Fsp3) is 0.235. The van der Waals surface area contributed by atoms with Gasteiger partial charge in [0, 0.05) is 4.47 Å². The second-order valence-electron chi connectivity index (χ2n) is 5.26. The van der Waals surface area contributed by atoms with E-state index in [1.54, 1.807) is 6.07 Å². The molecule has 0 heterocycles. The molecule has 0 aromatic heterocycles. The minimum absolute atomic E-state index is 0.0198. The van der Waals surface area contributed by atoms with Crippen molar-refractivity contribution in [3.63, 3.8) is 0 Å². The molecule has 1 aliphatic rings. The molecule has 0 radical (unpaired) electrons. The Kier molecular flexibility index (Phi) is 4.32. The number of rotatable bonds is 2. The van der Waals surface area contributed by atoms with Gasteiger partial charge in [-0.1, -0.05) is 51.8 Å². The lowest BCUT2D eigenvalue weighted by Crippen LogP contribution is -2.24. The number of hydrogen-bond acceptors (Lipinski definition) is 1. The fourth-order valence-electron chi connectivity index (χ4n) is 2.84. The highest BCUT2D eigenvalue weighted by molar-refractivity contribution is 9.10. The van der Waals surface area contributed by atoms with Crippen LogP contribution >= 0.6 is 27.5 Å². The van der Waals surface area contributed by atoms with Gasteiger partial charge in [0.25, 0.3) is 0 Å². The largest absolute Gasteiger partial charge is 0.324 e. The molecule has 0 spiro atoms. The van der Waals surface area contributed by atoms with Crippen LogP contribution in [0.4, 0.5) is 5.69 Å². The number of benzene rings is 2. The quantitative estimate of drug-likeness (QED) is 0.783. The Bertz CT molecular complexity index is 686. The van der Waals surface area contributed by atoms with Crippen molar-refractivity contribution in [3.8, 4) is 0 Å². The molecule has 2 aromatic carbocycles. The van der Waals surface area contributed by atoms with Crippen molar-refractivity contribution >= 4 is 39.1 Å². The first-order valence-electron chi connectivity index (χ1n) is 6.99. The molecule has 0 bridgehead atoms. The summed E-state index contributed by atoms with van der Waals surface area (Å²) in [5.41, 5.74) is 3.09. The van der Waals surface area contributed by atoms with E-state index in [2.05, 4.69) is 33.4 Å². The Hall–Kier alpha value is -1.32. The highest BCUT2D eigenvalue weighted by atomic mass is 79.9. The summed E-state index contributed by atoms with van der Waals surface area (Å²) in [5.74, 6) is -0.0685. The van der Waals surface area contributed by atoms with Crippen molar-refractivity contribution < 1.29 is 4.79 Å². The van der Waals surface area contributed by atoms with Crippen LogP contribution in [0.3, 0.4) is 0 Å². The van der Waals surface area contributed by atoms with E-state index < -0.39 is 0 Å². The number of nitrogens with one attached hydrogen (secondary N) is 1. The van der Waals surface area contributed by atoms with E-state index in [9.17, 15) is 4.79 Å². The van der Waals surface area contributed by atoms with Crippen molar-refractivity contribution in [3.05, 3.63) is 63.1 Å². The zero-order valence-electron chi connectivity index (χ0n) is 11.4. The minimum atomic E-state index is -0.0883. The van der Waals surface area contributed by atoms with Crippen LogP contribution in [0.2, 0.25) is 5.02 Å². The molecule has 2 aromatic rings. The predicted octanol–water partition coefficient (Wildman–Crippen LogP) is 5.16. The first-order chi connectivity index (χ1) is 10.1. The van der Waals surface area contributed by atoms with Crippen LogP contribution in [0, 0.1) is 0 Å². The average molecular weight is 365 g/mol. The molecule has 0 saturated heterocycles. The molecule has 4 heteroatoms. The summed E-state index contributed by atoms with van der Waals surface area (Å²) in [6.45, 7) is 0. The van der Waals surface area contributed by atoms with Gasteiger partial charge in [0.1, 0.15) is 0 Å². The Morgan fingerprint density at radius 1 is 1.24 bits per heavy atom. The molecular weight excluding hydrogens is 350 g/mol. The van der Waals surface area contributed by atoms with Gasteiger partial charge in [-0.15, -0.1) is 0 Å². The molecule has 1 aliphatic carbocycles. The van der Waals surface area contributed by atoms with E-state index in [-0.39, 0.29) is 11.8 Å². The normalized spacial score (nSPS) is 17.1. The molecule has 2 nitrogen and oxygen atoms in total. The molecule has 21 heavy (non-hydrogen) atoms. The van der Waals surface area contributed by atoms with Crippen LogP contribution < -0.4 is 5.32 Å². The van der Waals surface area contributed by atoms with E-state index in [0.29, 0.717) is 10.7 Å². The van der Waals surface area contributed by atoms with Crippen molar-refractivity contribution in [1.82, 2.24) is 0 Å². The Balaban J connectivity index is 1.83. The second-order valence-corrected chi connectivity index (χ2v) is 6.58. The van der Waals surface area contributed by atoms with Gasteiger partial charge in [0.15, 0.2) is 0 Å². The summed E-state index contributed by atoms with van der Waals surface area (Å²) < 4.78 is 0.897. The summed E-state index contributed by atoms with van der Waals surface area (Å²) in [5, 5.41) is 3.50. The maximum absolute atomic E-state index is 12.6. The topological polar surface area (TPSA) is 29.1 Å². The zero-order chi connectivity index (χ0) is 14.8. The molecule has 1 unspecified atom stereocenters. The zero-order valence-corrected chi connectivity index (χ0v) is 13.7. The van der Waals surface area contributed by atoms with Crippen molar-refractivity contribution in [1.29, 1.82) is 0 Å². The van der Waals surface area contributed by atoms with E-state index in [0.717, 1.165) is 29.3 Å². The summed E-state index contributed by atoms with van der Waals surface area (Å²) >= 11 is 9.53. The molecule has 0 fully saturated rings. The summed E-state index contributed by atoms with van der Waals surface area (Å²) in [4.78, 5) is 12.6. The first-order valence-corrected chi connectivity index (χ1v) is 8.16. The Morgan fingerprint density at radius 2 is 2.05 bits per heavy atom. The highest BCUT2D eigenvalue weighted by Crippen LogP contribution is 2.33. The Labute approximate surface area is 137 Å². The fourth-order valence-corrected chi connectivity index (χ4v) is 3.56. The van der Waals surface area contributed by atoms with Gasteiger partial charge in [0.2, 0.25) is 5.91 Å². The second kappa shape index (κ2) is 6.20. The lowest BCUT2D eigenvalue weighted by molar-refractivity contribution is -0.117. The van der Waals surface area contributed by atoms with Crippen LogP contribution in [-0.2, 0) is 11.2 Å². The molecule has 1 amide bonds. The molecular formula is C17H15BrClNO. The SMILES string of the molecule is O=C(Nc1ccc(Br)cc1Cl)C1CCCc2ccccc21. The van der Waals surface area contributed by atoms with Crippen molar-refractivity contribution in [2.24, 2.45) is 0 Å². The average Bonchev–Trinajstić information content (AvgIpc) is 2.49. The minimum Gasteiger partial charge on any atom is -0.324 e. The van der Waals surface area contributed by atoms with Crippen molar-refractivity contribution in [2.45, 2.75) is 25.2 Å². The monoisotopic (exact) mass is 363 g/mol. The van der Waals surface area contributed by atoms with Crippen LogP contribution in [0.15, 0.2) is 46.9 Å². The molecule has 0 saturated carbocycles. The maximum Gasteiger partial charge on any atom is 0.231 e. The van der Waals surface area contributed by atoms with Crippen molar-refractivity contribution in [2.75, 3.05) is 5.32 Å². The predicted molar refractivity (Wildman–Crippen MR) is 89.9 cm³/mol. The number of hydrogen-bond donors (Lipinski definition) is 1. The van der Waals surface area contributed by atoms with Crippen LogP contribution in [0.25, 0.3) is 0 Å². The summed E-state index contributed by atoms with van der Waals surface area (Å²) in [6, 6.07) is 13.7. The van der Waals surface area contributed by atoms with Crippen LogP contribution in [0.5, 0.6) is 0 Å². The van der Waals surface area contributed by atoms with Gasteiger partial charge < -0.3 is 5.32 Å². The van der Waals surface area contributed by atoms with Crippen LogP contribution in [-0.4, -0.2) is 5.91 Å². The van der Waals surface area contributed by atoms with Gasteiger partial charge >= 0.3 is 0 Å². The third kappa shape index (κ3) is 3.14. The molecule has 108 valence electrons. The molecule has 1 N–H and O–H groups in total. The lowest BCUT2D eigenvalue weighted by atomic mass is 9.82. The molecule has 0 aliphatic heterocycles. The van der Waals surface area contributed by atoms with E-state index in [4.69, 9.17) is 11.6 Å².